The normalized spacial score (nSPS) is 11.2. The number of aromatic nitrogens is 1. The number of nitrogens with one attached hydrogen (secondary N) is 3. The summed E-state index contributed by atoms with van der Waals surface area (Å²) in [7, 11) is 2.74. The van der Waals surface area contributed by atoms with Crippen LogP contribution >= 0.6 is 11.6 Å². The van der Waals surface area contributed by atoms with Gasteiger partial charge in [0, 0.05) is 23.2 Å². The number of aliphatic imine (C=N–C) groups is 1. The fraction of sp³-hybridized carbons (Fsp3) is 0.156. The van der Waals surface area contributed by atoms with Crippen molar-refractivity contribution >= 4 is 41.5 Å². The van der Waals surface area contributed by atoms with Crippen molar-refractivity contribution in [2.75, 3.05) is 14.2 Å². The average molecular weight is 616 g/mol. The molecule has 0 bridgehead atoms. The highest BCUT2D eigenvalue weighted by molar-refractivity contribution is 6.30. The predicted molar refractivity (Wildman–Crippen MR) is 166 cm³/mol. The van der Waals surface area contributed by atoms with Crippen molar-refractivity contribution in [3.05, 3.63) is 112 Å². The van der Waals surface area contributed by atoms with Gasteiger partial charge in [-0.05, 0) is 66.1 Å². The predicted octanol–water partition coefficient (Wildman–Crippen LogP) is 5.28. The topological polar surface area (TPSA) is 144 Å². The number of ether oxygens (including phenoxy) is 2. The van der Waals surface area contributed by atoms with Gasteiger partial charge in [0.15, 0.2) is 0 Å². The van der Waals surface area contributed by atoms with Crippen LogP contribution in [0, 0.1) is 6.92 Å². The van der Waals surface area contributed by atoms with E-state index < -0.39 is 12.0 Å². The fourth-order valence-electron chi connectivity index (χ4n) is 4.08. The molecular formula is C32H30ClN5O6. The maximum absolute atomic E-state index is 13.4. The van der Waals surface area contributed by atoms with Gasteiger partial charge in [-0.2, -0.15) is 0 Å². The Morgan fingerprint density at radius 3 is 2.41 bits per heavy atom. The lowest BCUT2D eigenvalue weighted by molar-refractivity contribution is -0.116. The molecule has 4 rings (SSSR count). The van der Waals surface area contributed by atoms with Gasteiger partial charge in [-0.1, -0.05) is 53.2 Å². The highest BCUT2D eigenvalue weighted by atomic mass is 35.5. The zero-order valence-corrected chi connectivity index (χ0v) is 25.0. The molecule has 44 heavy (non-hydrogen) atoms. The van der Waals surface area contributed by atoms with Gasteiger partial charge < -0.3 is 19.3 Å². The van der Waals surface area contributed by atoms with Gasteiger partial charge in [0.2, 0.25) is 11.9 Å². The lowest BCUT2D eigenvalue weighted by atomic mass is 10.1. The first-order chi connectivity index (χ1) is 21.2. The van der Waals surface area contributed by atoms with Crippen LogP contribution in [0.4, 0.5) is 4.79 Å². The molecule has 0 radical (unpaired) electrons. The van der Waals surface area contributed by atoms with Crippen molar-refractivity contribution in [2.45, 2.75) is 20.0 Å². The van der Waals surface area contributed by atoms with E-state index in [-0.39, 0.29) is 36.3 Å². The molecule has 1 heterocycles. The van der Waals surface area contributed by atoms with E-state index in [2.05, 4.69) is 26.1 Å². The number of hydrogen-bond donors (Lipinski definition) is 3. The Labute approximate surface area is 258 Å². The number of carbonyl (C=O) groups excluding carboxylic acids is 3. The number of carbonyl (C=O) groups is 3. The number of halogens is 1. The Bertz CT molecular complexity index is 1680. The molecule has 3 amide bonds. The average Bonchev–Trinajstić information content (AvgIpc) is 3.43. The number of rotatable bonds is 9. The quantitative estimate of drug-likeness (QED) is 0.132. The van der Waals surface area contributed by atoms with Crippen molar-refractivity contribution in [2.24, 2.45) is 4.99 Å². The summed E-state index contributed by atoms with van der Waals surface area (Å²) in [5.74, 6) is -0.125. The number of aryl methyl sites for hydroxylation is 1. The monoisotopic (exact) mass is 615 g/mol. The molecule has 0 atom stereocenters. The van der Waals surface area contributed by atoms with Gasteiger partial charge >= 0.3 is 6.09 Å². The van der Waals surface area contributed by atoms with Crippen molar-refractivity contribution in [1.29, 1.82) is 0 Å². The fourth-order valence-corrected chi connectivity index (χ4v) is 4.36. The minimum Gasteiger partial charge on any atom is -0.497 e. The Morgan fingerprint density at radius 1 is 0.977 bits per heavy atom. The minimum atomic E-state index is -0.834. The molecular weight excluding hydrogens is 586 g/mol. The van der Waals surface area contributed by atoms with Gasteiger partial charge in [0.05, 0.1) is 20.8 Å². The molecule has 4 aromatic rings. The van der Waals surface area contributed by atoms with Crippen molar-refractivity contribution in [3.63, 3.8) is 0 Å². The lowest BCUT2D eigenvalue weighted by Gasteiger charge is -2.11. The molecule has 1 aromatic heterocycles. The molecule has 0 fully saturated rings. The Balaban J connectivity index is 1.48. The van der Waals surface area contributed by atoms with Crippen LogP contribution in [0.5, 0.6) is 5.75 Å². The number of nitrogens with zero attached hydrogens (tertiary/aromatic N) is 2. The van der Waals surface area contributed by atoms with E-state index in [1.165, 1.54) is 13.2 Å². The first-order valence-corrected chi connectivity index (χ1v) is 13.7. The number of guanidine groups is 1. The number of alkyl carbamates (subject to hydrolysis) is 1. The summed E-state index contributed by atoms with van der Waals surface area (Å²) in [5, 5.41) is 12.3. The summed E-state index contributed by atoms with van der Waals surface area (Å²) < 4.78 is 15.2. The van der Waals surface area contributed by atoms with E-state index in [1.54, 1.807) is 62.6 Å². The first-order valence-electron chi connectivity index (χ1n) is 13.4. The van der Waals surface area contributed by atoms with Crippen LogP contribution in [0.25, 0.3) is 17.3 Å². The molecule has 0 unspecified atom stereocenters. The molecule has 3 N–H and O–H groups in total. The second-order valence-corrected chi connectivity index (χ2v) is 9.79. The van der Waals surface area contributed by atoms with Gasteiger partial charge in [-0.25, -0.2) is 9.79 Å². The third-order valence-corrected chi connectivity index (χ3v) is 6.44. The second kappa shape index (κ2) is 15.2. The van der Waals surface area contributed by atoms with Gasteiger partial charge in [-0.3, -0.25) is 20.2 Å². The Morgan fingerprint density at radius 2 is 1.70 bits per heavy atom. The van der Waals surface area contributed by atoms with Crippen LogP contribution < -0.4 is 20.7 Å². The van der Waals surface area contributed by atoms with Crippen LogP contribution in [-0.2, 0) is 22.6 Å². The smallest absolute Gasteiger partial charge is 0.413 e. The zero-order valence-electron chi connectivity index (χ0n) is 24.2. The van der Waals surface area contributed by atoms with Crippen LogP contribution in [0.1, 0.15) is 32.8 Å². The number of benzene rings is 3. The van der Waals surface area contributed by atoms with E-state index >= 15 is 0 Å². The Hall–Kier alpha value is -5.42. The van der Waals surface area contributed by atoms with Gasteiger partial charge in [0.1, 0.15) is 22.8 Å². The SMILES string of the molecule is COC(=O)NC(=NCc1cc(Cl)cc(CNC(=O)C=Cc2ccccc2)c1)NC(=O)c1c(-c2ccc(OC)cc2)noc1C. The molecule has 12 heteroatoms. The third kappa shape index (κ3) is 8.79. The van der Waals surface area contributed by atoms with Crippen LogP contribution in [0.3, 0.4) is 0 Å². The largest absolute Gasteiger partial charge is 0.497 e. The van der Waals surface area contributed by atoms with Crippen molar-refractivity contribution < 1.29 is 28.4 Å². The maximum Gasteiger partial charge on any atom is 0.413 e. The first kappa shape index (κ1) is 31.5. The number of amides is 3. The highest BCUT2D eigenvalue weighted by Gasteiger charge is 2.23. The highest BCUT2D eigenvalue weighted by Crippen LogP contribution is 2.27. The molecule has 0 spiro atoms. The van der Waals surface area contributed by atoms with E-state index in [1.807, 2.05) is 30.3 Å². The van der Waals surface area contributed by atoms with E-state index in [0.29, 0.717) is 27.6 Å². The van der Waals surface area contributed by atoms with Crippen LogP contribution in [0.2, 0.25) is 5.02 Å². The van der Waals surface area contributed by atoms with Crippen LogP contribution in [0.15, 0.2) is 88.4 Å². The van der Waals surface area contributed by atoms with E-state index in [0.717, 1.165) is 11.1 Å². The minimum absolute atomic E-state index is 0.0307. The van der Waals surface area contributed by atoms with E-state index in [9.17, 15) is 14.4 Å². The standard InChI is InChI=1S/C32H30ClN5O6/c1-20-28(29(38-44-20)24-10-12-26(42-2)13-11-24)30(40)36-31(37-32(41)43-3)35-19-23-15-22(16-25(33)17-23)18-34-27(39)14-9-21-7-5-4-6-8-21/h4-17H,18-19H2,1-3H3,(H,34,39)(H2,35,36,37,40,41). The molecule has 0 aliphatic carbocycles. The molecule has 11 nitrogen and oxygen atoms in total. The summed E-state index contributed by atoms with van der Waals surface area (Å²) in [4.78, 5) is 42.1. The van der Waals surface area contributed by atoms with Crippen molar-refractivity contribution in [3.8, 4) is 17.0 Å². The van der Waals surface area contributed by atoms with Crippen molar-refractivity contribution in [1.82, 2.24) is 21.1 Å². The third-order valence-electron chi connectivity index (χ3n) is 6.22. The lowest BCUT2D eigenvalue weighted by Crippen LogP contribution is -2.44. The summed E-state index contributed by atoms with van der Waals surface area (Å²) in [6, 6.07) is 21.6. The zero-order chi connectivity index (χ0) is 31.5. The van der Waals surface area contributed by atoms with Gasteiger partial charge in [-0.15, -0.1) is 0 Å². The number of methoxy groups -OCH3 is 2. The molecule has 0 saturated heterocycles. The summed E-state index contributed by atoms with van der Waals surface area (Å²) in [6.07, 6.45) is 2.34. The summed E-state index contributed by atoms with van der Waals surface area (Å²) in [6.45, 7) is 1.85. The number of hydrogen-bond acceptors (Lipinski definition) is 8. The molecule has 0 aliphatic heterocycles. The van der Waals surface area contributed by atoms with Gasteiger partial charge in [0.25, 0.3) is 5.91 Å². The molecule has 226 valence electrons. The molecule has 0 saturated carbocycles. The van der Waals surface area contributed by atoms with E-state index in [4.69, 9.17) is 25.6 Å². The summed E-state index contributed by atoms with van der Waals surface area (Å²) >= 11 is 6.33. The molecule has 0 aliphatic rings. The second-order valence-electron chi connectivity index (χ2n) is 9.36. The van der Waals surface area contributed by atoms with Crippen LogP contribution in [-0.4, -0.2) is 43.2 Å². The molecule has 3 aromatic carbocycles. The summed E-state index contributed by atoms with van der Waals surface area (Å²) in [5.41, 5.74) is 3.41. The maximum atomic E-state index is 13.4. The Kier molecular flexibility index (Phi) is 10.9.